The third-order valence-electron chi connectivity index (χ3n) is 4.54. The molecule has 1 N–H and O–H groups in total. The molecule has 0 heterocycles. The number of para-hydroxylation sites is 1. The first-order valence-corrected chi connectivity index (χ1v) is 10.5. The molecular formula is C26H29NO4. The summed E-state index contributed by atoms with van der Waals surface area (Å²) in [5.41, 5.74) is 1.24. The highest BCUT2D eigenvalue weighted by molar-refractivity contribution is 6.04. The number of ether oxygens (including phenoxy) is 3. The molecule has 0 saturated carbocycles. The third-order valence-corrected chi connectivity index (χ3v) is 4.54. The van der Waals surface area contributed by atoms with Crippen molar-refractivity contribution in [3.05, 3.63) is 84.4 Å². The molecule has 5 nitrogen and oxygen atoms in total. The molecule has 0 atom stereocenters. The van der Waals surface area contributed by atoms with E-state index < -0.39 is 0 Å². The van der Waals surface area contributed by atoms with Gasteiger partial charge >= 0.3 is 0 Å². The molecule has 0 aromatic heterocycles. The molecule has 0 aliphatic heterocycles. The molecule has 162 valence electrons. The van der Waals surface area contributed by atoms with Crippen molar-refractivity contribution in [3.8, 4) is 17.2 Å². The number of hydrogen-bond donors (Lipinski definition) is 1. The zero-order valence-corrected chi connectivity index (χ0v) is 18.0. The van der Waals surface area contributed by atoms with E-state index in [1.54, 1.807) is 18.2 Å². The van der Waals surface area contributed by atoms with Gasteiger partial charge in [0, 0.05) is 17.3 Å². The Kier molecular flexibility index (Phi) is 8.35. The molecule has 31 heavy (non-hydrogen) atoms. The van der Waals surface area contributed by atoms with E-state index in [0.29, 0.717) is 42.7 Å². The van der Waals surface area contributed by atoms with E-state index in [4.69, 9.17) is 14.2 Å². The fourth-order valence-corrected chi connectivity index (χ4v) is 2.82. The second kappa shape index (κ2) is 11.6. The Morgan fingerprint density at radius 1 is 0.742 bits per heavy atom. The van der Waals surface area contributed by atoms with E-state index in [1.165, 1.54) is 0 Å². The fourth-order valence-electron chi connectivity index (χ4n) is 2.82. The molecule has 0 aliphatic rings. The van der Waals surface area contributed by atoms with E-state index in [1.807, 2.05) is 60.7 Å². The number of hydrogen-bond acceptors (Lipinski definition) is 4. The summed E-state index contributed by atoms with van der Waals surface area (Å²) in [6, 6.07) is 24.1. The maximum Gasteiger partial charge on any atom is 0.255 e. The van der Waals surface area contributed by atoms with E-state index >= 15 is 0 Å². The van der Waals surface area contributed by atoms with Gasteiger partial charge in [0.05, 0.1) is 6.61 Å². The van der Waals surface area contributed by atoms with Gasteiger partial charge in [-0.2, -0.15) is 0 Å². The molecule has 3 aromatic carbocycles. The number of amides is 1. The van der Waals surface area contributed by atoms with Crippen LogP contribution in [0.25, 0.3) is 0 Å². The lowest BCUT2D eigenvalue weighted by Gasteiger charge is -2.11. The minimum Gasteiger partial charge on any atom is -0.494 e. The summed E-state index contributed by atoms with van der Waals surface area (Å²) in [6.45, 7) is 5.84. The molecule has 0 fully saturated rings. The van der Waals surface area contributed by atoms with E-state index in [-0.39, 0.29) is 5.91 Å². The van der Waals surface area contributed by atoms with E-state index in [0.717, 1.165) is 17.9 Å². The van der Waals surface area contributed by atoms with Crippen molar-refractivity contribution < 1.29 is 19.0 Å². The first kappa shape index (κ1) is 22.2. The van der Waals surface area contributed by atoms with Gasteiger partial charge in [0.2, 0.25) is 0 Å². The van der Waals surface area contributed by atoms with Gasteiger partial charge in [-0.05, 0) is 60.9 Å². The Labute approximate surface area is 184 Å². The van der Waals surface area contributed by atoms with Gasteiger partial charge in [0.15, 0.2) is 0 Å². The first-order valence-electron chi connectivity index (χ1n) is 10.5. The van der Waals surface area contributed by atoms with Crippen molar-refractivity contribution in [2.45, 2.75) is 20.3 Å². The van der Waals surface area contributed by atoms with Gasteiger partial charge in [-0.1, -0.05) is 38.1 Å². The highest BCUT2D eigenvalue weighted by Crippen LogP contribution is 2.19. The van der Waals surface area contributed by atoms with Crippen molar-refractivity contribution >= 4 is 11.6 Å². The molecule has 0 radical (unpaired) electrons. The number of benzene rings is 3. The van der Waals surface area contributed by atoms with Gasteiger partial charge < -0.3 is 19.5 Å². The third kappa shape index (κ3) is 7.70. The lowest BCUT2D eigenvalue weighted by molar-refractivity contribution is 0.102. The highest BCUT2D eigenvalue weighted by atomic mass is 16.5. The van der Waals surface area contributed by atoms with Crippen LogP contribution in [0.5, 0.6) is 17.2 Å². The molecule has 0 unspecified atom stereocenters. The zero-order valence-electron chi connectivity index (χ0n) is 18.0. The lowest BCUT2D eigenvalue weighted by atomic mass is 10.1. The summed E-state index contributed by atoms with van der Waals surface area (Å²) in [6.07, 6.45) is 0.999. The number of carbonyl (C=O) groups excluding carboxylic acids is 1. The quantitative estimate of drug-likeness (QED) is 0.398. The Hall–Kier alpha value is -3.47. The van der Waals surface area contributed by atoms with Crippen molar-refractivity contribution in [3.63, 3.8) is 0 Å². The number of nitrogens with one attached hydrogen (secondary N) is 1. The maximum atomic E-state index is 12.5. The summed E-state index contributed by atoms with van der Waals surface area (Å²) < 4.78 is 17.1. The van der Waals surface area contributed by atoms with E-state index in [9.17, 15) is 4.79 Å². The Bertz CT molecular complexity index is 939. The van der Waals surface area contributed by atoms with Crippen LogP contribution < -0.4 is 19.5 Å². The number of carbonyl (C=O) groups is 1. The Morgan fingerprint density at radius 3 is 2.06 bits per heavy atom. The van der Waals surface area contributed by atoms with Crippen LogP contribution in [0.4, 0.5) is 5.69 Å². The first-order chi connectivity index (χ1) is 15.1. The van der Waals surface area contributed by atoms with Crippen molar-refractivity contribution in [2.24, 2.45) is 5.92 Å². The molecule has 0 bridgehead atoms. The molecular weight excluding hydrogens is 390 g/mol. The summed E-state index contributed by atoms with van der Waals surface area (Å²) in [5, 5.41) is 2.90. The minimum absolute atomic E-state index is 0.182. The molecule has 0 saturated heterocycles. The van der Waals surface area contributed by atoms with Gasteiger partial charge in [0.25, 0.3) is 5.91 Å². The predicted molar refractivity (Wildman–Crippen MR) is 123 cm³/mol. The van der Waals surface area contributed by atoms with Gasteiger partial charge in [-0.15, -0.1) is 0 Å². The van der Waals surface area contributed by atoms with Crippen LogP contribution in [0, 0.1) is 5.92 Å². The van der Waals surface area contributed by atoms with Crippen LogP contribution in [-0.2, 0) is 0 Å². The monoisotopic (exact) mass is 419 g/mol. The van der Waals surface area contributed by atoms with Crippen molar-refractivity contribution in [1.29, 1.82) is 0 Å². The van der Waals surface area contributed by atoms with Crippen LogP contribution in [-0.4, -0.2) is 25.7 Å². The smallest absolute Gasteiger partial charge is 0.255 e. The topological polar surface area (TPSA) is 56.8 Å². The van der Waals surface area contributed by atoms with Gasteiger partial charge in [0.1, 0.15) is 30.5 Å². The predicted octanol–water partition coefficient (Wildman–Crippen LogP) is 5.82. The molecule has 5 heteroatoms. The second-order valence-electron chi connectivity index (χ2n) is 7.55. The number of anilines is 1. The van der Waals surface area contributed by atoms with Crippen LogP contribution in [0.2, 0.25) is 0 Å². The molecule has 3 aromatic rings. The average Bonchev–Trinajstić information content (AvgIpc) is 2.78. The minimum atomic E-state index is -0.182. The largest absolute Gasteiger partial charge is 0.494 e. The van der Waals surface area contributed by atoms with Crippen LogP contribution >= 0.6 is 0 Å². The SMILES string of the molecule is CC(C)CCOc1ccc(C(=O)Nc2cccc(OCCOc3ccccc3)c2)cc1. The number of rotatable bonds is 11. The average molecular weight is 420 g/mol. The molecule has 0 spiro atoms. The maximum absolute atomic E-state index is 12.5. The zero-order chi connectivity index (χ0) is 21.9. The van der Waals surface area contributed by atoms with Crippen LogP contribution in [0.3, 0.4) is 0 Å². The summed E-state index contributed by atoms with van der Waals surface area (Å²) in [4.78, 5) is 12.5. The summed E-state index contributed by atoms with van der Waals surface area (Å²) in [5.74, 6) is 2.66. The van der Waals surface area contributed by atoms with Gasteiger partial charge in [-0.3, -0.25) is 4.79 Å². The standard InChI is InChI=1S/C26H29NO4/c1-20(2)15-16-29-24-13-11-21(12-14-24)26(28)27-22-7-6-10-25(19-22)31-18-17-30-23-8-4-3-5-9-23/h3-14,19-20H,15-18H2,1-2H3,(H,27,28). The normalized spacial score (nSPS) is 10.5. The molecule has 1 amide bonds. The van der Waals surface area contributed by atoms with Crippen molar-refractivity contribution in [1.82, 2.24) is 0 Å². The van der Waals surface area contributed by atoms with Crippen molar-refractivity contribution in [2.75, 3.05) is 25.1 Å². The highest BCUT2D eigenvalue weighted by Gasteiger charge is 2.07. The van der Waals surface area contributed by atoms with Crippen LogP contribution in [0.15, 0.2) is 78.9 Å². The summed E-state index contributed by atoms with van der Waals surface area (Å²) in [7, 11) is 0. The lowest BCUT2D eigenvalue weighted by Crippen LogP contribution is -2.12. The van der Waals surface area contributed by atoms with E-state index in [2.05, 4.69) is 19.2 Å². The fraction of sp³-hybridized carbons (Fsp3) is 0.269. The molecule has 3 rings (SSSR count). The molecule has 0 aliphatic carbocycles. The van der Waals surface area contributed by atoms with Gasteiger partial charge in [-0.25, -0.2) is 0 Å². The summed E-state index contributed by atoms with van der Waals surface area (Å²) >= 11 is 0. The van der Waals surface area contributed by atoms with Crippen LogP contribution in [0.1, 0.15) is 30.6 Å². The Morgan fingerprint density at radius 2 is 1.35 bits per heavy atom. The second-order valence-corrected chi connectivity index (χ2v) is 7.55. The Balaban J connectivity index is 1.46.